The zero-order chi connectivity index (χ0) is 12.7. The lowest BCUT2D eigenvalue weighted by Crippen LogP contribution is -2.43. The zero-order valence-electron chi connectivity index (χ0n) is 8.09. The highest BCUT2D eigenvalue weighted by Crippen LogP contribution is 2.49. The van der Waals surface area contributed by atoms with Crippen molar-refractivity contribution in [2.24, 2.45) is 0 Å². The predicted octanol–water partition coefficient (Wildman–Crippen LogP) is 3.84. The first-order chi connectivity index (χ1) is 7.86. The summed E-state index contributed by atoms with van der Waals surface area (Å²) in [6.45, 7) is 0. The second-order valence-corrected chi connectivity index (χ2v) is 4.12. The normalized spacial score (nSPS) is 25.1. The summed E-state index contributed by atoms with van der Waals surface area (Å²) in [5.74, 6) is -9.11. The molecule has 0 aromatic heterocycles. The second-order valence-electron chi connectivity index (χ2n) is 3.26. The van der Waals surface area contributed by atoms with Crippen LogP contribution in [0.2, 0.25) is 0 Å². The molecule has 0 aromatic rings. The number of allylic oxidation sites excluding steroid dienone is 4. The topological polar surface area (TPSA) is 18.5 Å². The van der Waals surface area contributed by atoms with Crippen molar-refractivity contribution in [2.45, 2.75) is 11.8 Å². The highest BCUT2D eigenvalue weighted by Gasteiger charge is 2.60. The summed E-state index contributed by atoms with van der Waals surface area (Å²) in [4.78, 5) is 0. The van der Waals surface area contributed by atoms with Gasteiger partial charge in [-0.3, -0.25) is 0 Å². The fraction of sp³-hybridized carbons (Fsp3) is 0.200. The molecule has 0 N–H and O–H groups in total. The fourth-order valence-corrected chi connectivity index (χ4v) is 1.91. The number of hydrogen-bond donors (Lipinski definition) is 0. The van der Waals surface area contributed by atoms with Gasteiger partial charge in [-0.25, -0.2) is 0 Å². The Morgan fingerprint density at radius 1 is 1.12 bits per heavy atom. The zero-order valence-corrected chi connectivity index (χ0v) is 9.68. The van der Waals surface area contributed by atoms with E-state index < -0.39 is 23.2 Å². The van der Waals surface area contributed by atoms with Crippen LogP contribution in [0.1, 0.15) is 0 Å². The molecule has 1 aliphatic heterocycles. The van der Waals surface area contributed by atoms with E-state index in [0.717, 1.165) is 24.9 Å². The molecule has 1 heterocycles. The molecule has 0 unspecified atom stereocenters. The maximum absolute atomic E-state index is 13.6. The monoisotopic (exact) mass is 312 g/mol. The molecule has 0 saturated carbocycles. The highest BCUT2D eigenvalue weighted by atomic mass is 79.9. The minimum Gasteiger partial charge on any atom is -0.465 e. The summed E-state index contributed by atoms with van der Waals surface area (Å²) >= 11 is 2.80. The summed E-state index contributed by atoms with van der Waals surface area (Å²) in [6.07, 6.45) is 3.90. The van der Waals surface area contributed by atoms with Crippen LogP contribution in [0.5, 0.6) is 0 Å². The first-order valence-corrected chi connectivity index (χ1v) is 5.18. The van der Waals surface area contributed by atoms with Crippen LogP contribution >= 0.6 is 15.9 Å². The molecule has 0 atom stereocenters. The summed E-state index contributed by atoms with van der Waals surface area (Å²) < 4.78 is 62.6. The summed E-state index contributed by atoms with van der Waals surface area (Å²) in [5.41, 5.74) is -0.950. The number of alkyl halides is 4. The van der Waals surface area contributed by atoms with Crippen LogP contribution in [-0.4, -0.2) is 11.8 Å². The van der Waals surface area contributed by atoms with E-state index in [1.165, 1.54) is 0 Å². The van der Waals surface area contributed by atoms with Crippen LogP contribution in [0.25, 0.3) is 0 Å². The number of rotatable bonds is 1. The van der Waals surface area contributed by atoms with Gasteiger partial charge in [0.05, 0.1) is 5.57 Å². The summed E-state index contributed by atoms with van der Waals surface area (Å²) in [6, 6.07) is 0. The molecule has 0 amide bonds. The van der Waals surface area contributed by atoms with Crippen LogP contribution in [-0.2, 0) is 9.47 Å². The van der Waals surface area contributed by atoms with Gasteiger partial charge in [-0.05, 0) is 12.2 Å². The Bertz CT molecular complexity index is 463. The SMILES string of the molecule is FC1(F)C=CC(Br)=C(C2=COC=CO2)C1(F)F. The highest BCUT2D eigenvalue weighted by molar-refractivity contribution is 9.11. The van der Waals surface area contributed by atoms with Gasteiger partial charge in [-0.1, -0.05) is 15.9 Å². The minimum absolute atomic E-state index is 0.140. The van der Waals surface area contributed by atoms with Crippen LogP contribution in [0.15, 0.2) is 46.8 Å². The van der Waals surface area contributed by atoms with Gasteiger partial charge in [0.15, 0.2) is 5.76 Å². The van der Waals surface area contributed by atoms with Crippen molar-refractivity contribution in [3.8, 4) is 0 Å². The number of halogens is 5. The molecule has 92 valence electrons. The quantitative estimate of drug-likeness (QED) is 0.685. The van der Waals surface area contributed by atoms with Gasteiger partial charge in [-0.15, -0.1) is 0 Å². The molecule has 2 nitrogen and oxygen atoms in total. The van der Waals surface area contributed by atoms with Gasteiger partial charge < -0.3 is 9.47 Å². The smallest absolute Gasteiger partial charge is 0.343 e. The second kappa shape index (κ2) is 3.90. The Labute approximate surface area is 102 Å². The molecular formula is C10H5BrF4O2. The predicted molar refractivity (Wildman–Crippen MR) is 54.4 cm³/mol. The van der Waals surface area contributed by atoms with Crippen molar-refractivity contribution in [3.05, 3.63) is 46.8 Å². The third-order valence-electron chi connectivity index (χ3n) is 2.16. The molecule has 0 fully saturated rings. The van der Waals surface area contributed by atoms with Crippen molar-refractivity contribution < 1.29 is 27.0 Å². The van der Waals surface area contributed by atoms with Gasteiger partial charge in [0.2, 0.25) is 0 Å². The van der Waals surface area contributed by atoms with Gasteiger partial charge in [0.1, 0.15) is 18.8 Å². The molecule has 2 aliphatic rings. The van der Waals surface area contributed by atoms with Crippen LogP contribution in [0, 0.1) is 0 Å². The van der Waals surface area contributed by atoms with E-state index >= 15 is 0 Å². The van der Waals surface area contributed by atoms with Crippen LogP contribution in [0.4, 0.5) is 17.6 Å². The third kappa shape index (κ3) is 1.88. The number of hydrogen-bond acceptors (Lipinski definition) is 2. The van der Waals surface area contributed by atoms with Crippen molar-refractivity contribution in [3.63, 3.8) is 0 Å². The van der Waals surface area contributed by atoms with E-state index in [9.17, 15) is 17.6 Å². The van der Waals surface area contributed by atoms with Gasteiger partial charge >= 0.3 is 11.8 Å². The Kier molecular flexibility index (Phi) is 2.81. The molecule has 0 radical (unpaired) electrons. The molecule has 2 rings (SSSR count). The van der Waals surface area contributed by atoms with Gasteiger partial charge in [-0.2, -0.15) is 17.6 Å². The lowest BCUT2D eigenvalue weighted by atomic mass is 9.95. The largest absolute Gasteiger partial charge is 0.465 e. The van der Waals surface area contributed by atoms with E-state index in [1.54, 1.807) is 0 Å². The molecule has 0 aromatic carbocycles. The molecule has 17 heavy (non-hydrogen) atoms. The molecular weight excluding hydrogens is 308 g/mol. The van der Waals surface area contributed by atoms with Crippen molar-refractivity contribution >= 4 is 15.9 Å². The Hall–Kier alpha value is -1.24. The summed E-state index contributed by atoms with van der Waals surface area (Å²) in [7, 11) is 0. The molecule has 1 aliphatic carbocycles. The van der Waals surface area contributed by atoms with Crippen molar-refractivity contribution in [1.29, 1.82) is 0 Å². The first kappa shape index (κ1) is 12.2. The van der Waals surface area contributed by atoms with Crippen molar-refractivity contribution in [2.75, 3.05) is 0 Å². The van der Waals surface area contributed by atoms with E-state index in [0.29, 0.717) is 0 Å². The van der Waals surface area contributed by atoms with E-state index in [-0.39, 0.29) is 10.6 Å². The fourth-order valence-electron chi connectivity index (χ4n) is 1.33. The molecule has 0 bridgehead atoms. The average molecular weight is 313 g/mol. The summed E-state index contributed by atoms with van der Waals surface area (Å²) in [5, 5.41) is 0. The van der Waals surface area contributed by atoms with Crippen molar-refractivity contribution in [1.82, 2.24) is 0 Å². The Morgan fingerprint density at radius 2 is 1.82 bits per heavy atom. The first-order valence-electron chi connectivity index (χ1n) is 4.39. The average Bonchev–Trinajstić information content (AvgIpc) is 2.26. The standard InChI is InChI=1S/C10H5BrF4O2/c11-6-1-2-9(12,13)10(14,15)8(6)7-5-16-3-4-17-7/h1-5H. The van der Waals surface area contributed by atoms with Gasteiger partial charge in [0, 0.05) is 4.48 Å². The maximum Gasteiger partial charge on any atom is 0.343 e. The van der Waals surface area contributed by atoms with E-state index in [4.69, 9.17) is 4.74 Å². The minimum atomic E-state index is -4.37. The molecule has 0 saturated heterocycles. The van der Waals surface area contributed by atoms with Crippen LogP contribution in [0.3, 0.4) is 0 Å². The molecule has 0 spiro atoms. The van der Waals surface area contributed by atoms with E-state index in [2.05, 4.69) is 20.7 Å². The third-order valence-corrected chi connectivity index (χ3v) is 2.82. The number of ether oxygens (including phenoxy) is 2. The lowest BCUT2D eigenvalue weighted by molar-refractivity contribution is -0.156. The van der Waals surface area contributed by atoms with Crippen LogP contribution < -0.4 is 0 Å². The van der Waals surface area contributed by atoms with Gasteiger partial charge in [0.25, 0.3) is 0 Å². The Morgan fingerprint density at radius 3 is 2.41 bits per heavy atom. The Balaban J connectivity index is 2.49. The maximum atomic E-state index is 13.6. The van der Waals surface area contributed by atoms with E-state index in [1.807, 2.05) is 0 Å². The molecule has 7 heteroatoms. The lowest BCUT2D eigenvalue weighted by Gasteiger charge is -2.30.